The number of hydrogen-bond donors (Lipinski definition) is 1. The maximum atomic E-state index is 4.45. The Morgan fingerprint density at radius 3 is 2.72 bits per heavy atom. The summed E-state index contributed by atoms with van der Waals surface area (Å²) in [5, 5.41) is 13.1. The molecule has 0 bridgehead atoms. The Morgan fingerprint density at radius 2 is 2.00 bits per heavy atom. The zero-order valence-corrected chi connectivity index (χ0v) is 14.3. The molecule has 0 saturated heterocycles. The molecule has 8 nitrogen and oxygen atoms in total. The Bertz CT molecular complexity index is 1030. The first-order valence-corrected chi connectivity index (χ1v) is 7.98. The van der Waals surface area contributed by atoms with Crippen molar-refractivity contribution in [1.82, 2.24) is 34.5 Å². The van der Waals surface area contributed by atoms with Crippen LogP contribution in [0.1, 0.15) is 17.0 Å². The van der Waals surface area contributed by atoms with E-state index >= 15 is 0 Å². The summed E-state index contributed by atoms with van der Waals surface area (Å²) < 4.78 is 3.60. The van der Waals surface area contributed by atoms with E-state index < -0.39 is 0 Å². The van der Waals surface area contributed by atoms with Crippen LogP contribution in [0, 0.1) is 13.8 Å². The summed E-state index contributed by atoms with van der Waals surface area (Å²) in [6.07, 6.45) is 5.03. The predicted octanol–water partition coefficient (Wildman–Crippen LogP) is 2.17. The Balaban J connectivity index is 1.68. The molecule has 126 valence electrons. The van der Waals surface area contributed by atoms with Crippen LogP contribution in [0.4, 0.5) is 5.82 Å². The fourth-order valence-corrected chi connectivity index (χ4v) is 2.88. The summed E-state index contributed by atoms with van der Waals surface area (Å²) in [6.45, 7) is 4.72. The smallest absolute Gasteiger partial charge is 0.170 e. The number of nitrogens with one attached hydrogen (secondary N) is 1. The highest BCUT2D eigenvalue weighted by Crippen LogP contribution is 2.22. The maximum absolute atomic E-state index is 4.45. The van der Waals surface area contributed by atoms with Crippen LogP contribution >= 0.6 is 0 Å². The summed E-state index contributed by atoms with van der Waals surface area (Å²) >= 11 is 0. The van der Waals surface area contributed by atoms with Crippen molar-refractivity contribution in [2.45, 2.75) is 20.4 Å². The molecule has 0 amide bonds. The third kappa shape index (κ3) is 2.61. The van der Waals surface area contributed by atoms with Crippen LogP contribution in [0.15, 0.2) is 36.9 Å². The zero-order valence-electron chi connectivity index (χ0n) is 14.3. The van der Waals surface area contributed by atoms with Crippen LogP contribution in [0.2, 0.25) is 0 Å². The average molecular weight is 334 g/mol. The van der Waals surface area contributed by atoms with Gasteiger partial charge in [-0.3, -0.25) is 4.68 Å². The molecule has 0 fully saturated rings. The molecule has 0 radical (unpaired) electrons. The van der Waals surface area contributed by atoms with Gasteiger partial charge in [-0.15, -0.1) is 0 Å². The van der Waals surface area contributed by atoms with Crippen molar-refractivity contribution in [3.05, 3.63) is 53.9 Å². The molecule has 0 aliphatic rings. The Kier molecular flexibility index (Phi) is 3.64. The lowest BCUT2D eigenvalue weighted by Gasteiger charge is -2.07. The van der Waals surface area contributed by atoms with Gasteiger partial charge in [0.15, 0.2) is 11.5 Å². The molecule has 8 heteroatoms. The van der Waals surface area contributed by atoms with Gasteiger partial charge in [0.05, 0.1) is 17.3 Å². The van der Waals surface area contributed by atoms with Crippen molar-refractivity contribution >= 4 is 16.9 Å². The van der Waals surface area contributed by atoms with E-state index in [1.54, 1.807) is 17.1 Å². The number of nitrogens with zero attached hydrogens (tertiary/aromatic N) is 7. The van der Waals surface area contributed by atoms with Gasteiger partial charge in [-0.2, -0.15) is 14.9 Å². The molecule has 0 saturated carbocycles. The number of pyridine rings is 1. The molecule has 0 aliphatic heterocycles. The normalized spacial score (nSPS) is 11.2. The Morgan fingerprint density at radius 1 is 1.12 bits per heavy atom. The van der Waals surface area contributed by atoms with Crippen LogP contribution in [0.5, 0.6) is 0 Å². The molecule has 4 aromatic heterocycles. The summed E-state index contributed by atoms with van der Waals surface area (Å²) in [4.78, 5) is 13.1. The molecule has 0 atom stereocenters. The molecule has 0 aliphatic carbocycles. The fraction of sp³-hybridized carbons (Fsp3) is 0.235. The standard InChI is InChI=1S/C17H18N8/c1-11-13(12(2)24(3)23-11)8-19-16-14-9-22-25(17(14)21-10-20-16)15-6-4-5-7-18-15/h4-7,9-10H,8H2,1-3H3,(H,19,20,21). The number of aromatic nitrogens is 7. The molecule has 4 aromatic rings. The fourth-order valence-electron chi connectivity index (χ4n) is 2.88. The van der Waals surface area contributed by atoms with Gasteiger partial charge in [-0.05, 0) is 26.0 Å². The lowest BCUT2D eigenvalue weighted by molar-refractivity contribution is 0.730. The van der Waals surface area contributed by atoms with Crippen molar-refractivity contribution in [3.8, 4) is 5.82 Å². The van der Waals surface area contributed by atoms with E-state index in [9.17, 15) is 0 Å². The molecule has 0 unspecified atom stereocenters. The van der Waals surface area contributed by atoms with Crippen LogP contribution < -0.4 is 5.32 Å². The average Bonchev–Trinajstić information content (AvgIpc) is 3.16. The highest BCUT2D eigenvalue weighted by molar-refractivity contribution is 5.86. The Labute approximate surface area is 144 Å². The largest absolute Gasteiger partial charge is 0.365 e. The van der Waals surface area contributed by atoms with E-state index in [0.717, 1.165) is 34.1 Å². The minimum absolute atomic E-state index is 0.645. The summed E-state index contributed by atoms with van der Waals surface area (Å²) in [7, 11) is 1.95. The second kappa shape index (κ2) is 5.97. The van der Waals surface area contributed by atoms with Crippen molar-refractivity contribution in [2.75, 3.05) is 5.32 Å². The predicted molar refractivity (Wildman–Crippen MR) is 94.5 cm³/mol. The molecule has 0 aromatic carbocycles. The molecule has 0 spiro atoms. The highest BCUT2D eigenvalue weighted by Gasteiger charge is 2.13. The van der Waals surface area contributed by atoms with Gasteiger partial charge in [0.1, 0.15) is 12.1 Å². The minimum Gasteiger partial charge on any atom is -0.365 e. The first kappa shape index (κ1) is 15.3. The molecule has 4 heterocycles. The van der Waals surface area contributed by atoms with E-state index in [2.05, 4.69) is 37.4 Å². The second-order valence-electron chi connectivity index (χ2n) is 5.83. The maximum Gasteiger partial charge on any atom is 0.170 e. The summed E-state index contributed by atoms with van der Waals surface area (Å²) in [5.74, 6) is 1.47. The SMILES string of the molecule is Cc1nn(C)c(C)c1CNc1ncnc2c1cnn2-c1ccccn1. The second-order valence-corrected chi connectivity index (χ2v) is 5.83. The van der Waals surface area contributed by atoms with E-state index in [1.807, 2.05) is 36.9 Å². The lowest BCUT2D eigenvalue weighted by Crippen LogP contribution is -2.05. The van der Waals surface area contributed by atoms with Gasteiger partial charge >= 0.3 is 0 Å². The number of anilines is 1. The van der Waals surface area contributed by atoms with Crippen LogP contribution in [0.3, 0.4) is 0 Å². The summed E-state index contributed by atoms with van der Waals surface area (Å²) in [6, 6.07) is 5.68. The van der Waals surface area contributed by atoms with Gasteiger partial charge in [0.25, 0.3) is 0 Å². The van der Waals surface area contributed by atoms with Crippen molar-refractivity contribution in [3.63, 3.8) is 0 Å². The van der Waals surface area contributed by atoms with Crippen LogP contribution in [-0.2, 0) is 13.6 Å². The van der Waals surface area contributed by atoms with Gasteiger partial charge < -0.3 is 5.32 Å². The quantitative estimate of drug-likeness (QED) is 0.615. The van der Waals surface area contributed by atoms with Crippen LogP contribution in [0.25, 0.3) is 16.9 Å². The number of aryl methyl sites for hydroxylation is 2. The van der Waals surface area contributed by atoms with Crippen molar-refractivity contribution in [2.24, 2.45) is 7.05 Å². The Hall–Kier alpha value is -3.29. The monoisotopic (exact) mass is 334 g/mol. The zero-order chi connectivity index (χ0) is 17.4. The number of fused-ring (bicyclic) bond motifs is 1. The van der Waals surface area contributed by atoms with Crippen LogP contribution in [-0.4, -0.2) is 34.5 Å². The van der Waals surface area contributed by atoms with E-state index in [-0.39, 0.29) is 0 Å². The lowest BCUT2D eigenvalue weighted by atomic mass is 10.2. The van der Waals surface area contributed by atoms with Crippen molar-refractivity contribution in [1.29, 1.82) is 0 Å². The molecule has 1 N–H and O–H groups in total. The van der Waals surface area contributed by atoms with Crippen molar-refractivity contribution < 1.29 is 0 Å². The topological polar surface area (TPSA) is 86.3 Å². The number of hydrogen-bond acceptors (Lipinski definition) is 6. The molecular weight excluding hydrogens is 316 g/mol. The van der Waals surface area contributed by atoms with Gasteiger partial charge in [0, 0.05) is 31.0 Å². The van der Waals surface area contributed by atoms with E-state index in [0.29, 0.717) is 6.54 Å². The van der Waals surface area contributed by atoms with Gasteiger partial charge in [-0.25, -0.2) is 15.0 Å². The third-order valence-electron chi connectivity index (χ3n) is 4.32. The third-order valence-corrected chi connectivity index (χ3v) is 4.32. The molecule has 4 rings (SSSR count). The first-order valence-electron chi connectivity index (χ1n) is 7.98. The van der Waals surface area contributed by atoms with E-state index in [4.69, 9.17) is 0 Å². The van der Waals surface area contributed by atoms with Gasteiger partial charge in [0.2, 0.25) is 0 Å². The van der Waals surface area contributed by atoms with Gasteiger partial charge in [-0.1, -0.05) is 6.07 Å². The first-order chi connectivity index (χ1) is 12.1. The van der Waals surface area contributed by atoms with E-state index in [1.165, 1.54) is 11.9 Å². The molecular formula is C17H18N8. The summed E-state index contributed by atoms with van der Waals surface area (Å²) in [5.41, 5.74) is 4.05. The minimum atomic E-state index is 0.645. The molecule has 25 heavy (non-hydrogen) atoms. The highest BCUT2D eigenvalue weighted by atomic mass is 15.3. The number of rotatable bonds is 4.